The molecule has 1 atom stereocenters. The van der Waals surface area contributed by atoms with Crippen LogP contribution in [-0.2, 0) is 0 Å². The van der Waals surface area contributed by atoms with Crippen LogP contribution in [0.5, 0.6) is 11.5 Å². The number of nitrogens with one attached hydrogen (secondary N) is 1. The van der Waals surface area contributed by atoms with Crippen molar-refractivity contribution in [2.24, 2.45) is 0 Å². The topological polar surface area (TPSA) is 30.5 Å². The second-order valence-corrected chi connectivity index (χ2v) is 5.50. The van der Waals surface area contributed by atoms with Gasteiger partial charge in [-0.2, -0.15) is 0 Å². The first-order valence-electron chi connectivity index (χ1n) is 6.13. The van der Waals surface area contributed by atoms with Crippen LogP contribution in [0, 0.1) is 0 Å². The van der Waals surface area contributed by atoms with Crippen LogP contribution < -0.4 is 14.8 Å². The lowest BCUT2D eigenvalue weighted by Crippen LogP contribution is -2.19. The van der Waals surface area contributed by atoms with Crippen molar-refractivity contribution in [2.75, 3.05) is 19.8 Å². The zero-order valence-electron chi connectivity index (χ0n) is 10.5. The normalized spacial score (nSPS) is 15.9. The Balaban J connectivity index is 2.09. The smallest absolute Gasteiger partial charge is 0.161 e. The highest BCUT2D eigenvalue weighted by molar-refractivity contribution is 9.11. The van der Waals surface area contributed by atoms with E-state index in [0.29, 0.717) is 0 Å². The van der Waals surface area contributed by atoms with Crippen LogP contribution in [-0.4, -0.2) is 19.8 Å². The summed E-state index contributed by atoms with van der Waals surface area (Å²) in [6.07, 6.45) is 0.932. The maximum Gasteiger partial charge on any atom is 0.161 e. The van der Waals surface area contributed by atoms with E-state index in [-0.39, 0.29) is 6.04 Å². The van der Waals surface area contributed by atoms with Gasteiger partial charge in [0.15, 0.2) is 11.5 Å². The lowest BCUT2D eigenvalue weighted by molar-refractivity contribution is 0.297. The Kier molecular flexibility index (Phi) is 4.66. The highest BCUT2D eigenvalue weighted by Crippen LogP contribution is 2.32. The first-order chi connectivity index (χ1) is 8.66. The summed E-state index contributed by atoms with van der Waals surface area (Å²) < 4.78 is 12.2. The molecule has 1 aromatic rings. The van der Waals surface area contributed by atoms with E-state index in [0.717, 1.165) is 42.2 Å². The van der Waals surface area contributed by atoms with Crippen LogP contribution in [0.4, 0.5) is 0 Å². The van der Waals surface area contributed by atoms with Gasteiger partial charge in [-0.1, -0.05) is 28.6 Å². The average molecular weight is 312 g/mol. The van der Waals surface area contributed by atoms with Crippen LogP contribution >= 0.6 is 15.9 Å². The van der Waals surface area contributed by atoms with Crippen molar-refractivity contribution in [3.05, 3.63) is 34.8 Å². The molecule has 1 heterocycles. The fraction of sp³-hybridized carbons (Fsp3) is 0.429. The molecule has 98 valence electrons. The summed E-state index contributed by atoms with van der Waals surface area (Å²) >= 11 is 3.34. The molecule has 0 amide bonds. The molecule has 0 spiro atoms. The number of benzene rings is 1. The minimum absolute atomic E-state index is 0.247. The van der Waals surface area contributed by atoms with Gasteiger partial charge < -0.3 is 14.8 Å². The Bertz CT molecular complexity index is 434. The maximum atomic E-state index is 5.69. The molecular weight excluding hydrogens is 294 g/mol. The van der Waals surface area contributed by atoms with E-state index in [1.807, 2.05) is 6.07 Å². The fourth-order valence-corrected chi connectivity index (χ4v) is 1.99. The third-order valence-electron chi connectivity index (χ3n) is 2.87. The van der Waals surface area contributed by atoms with Crippen molar-refractivity contribution >= 4 is 15.9 Å². The highest BCUT2D eigenvalue weighted by atomic mass is 79.9. The summed E-state index contributed by atoms with van der Waals surface area (Å²) in [5, 5.41) is 3.38. The zero-order chi connectivity index (χ0) is 13.0. The second-order valence-electron chi connectivity index (χ2n) is 4.38. The number of hydrogen-bond acceptors (Lipinski definition) is 3. The predicted molar refractivity (Wildman–Crippen MR) is 76.5 cm³/mol. The van der Waals surface area contributed by atoms with Gasteiger partial charge in [-0.25, -0.2) is 0 Å². The van der Waals surface area contributed by atoms with Crippen molar-refractivity contribution in [3.63, 3.8) is 0 Å². The summed E-state index contributed by atoms with van der Waals surface area (Å²) in [5.41, 5.74) is 1.19. The van der Waals surface area contributed by atoms with Crippen molar-refractivity contribution in [1.29, 1.82) is 0 Å². The molecule has 0 radical (unpaired) electrons. The van der Waals surface area contributed by atoms with E-state index in [4.69, 9.17) is 9.47 Å². The van der Waals surface area contributed by atoms with E-state index in [1.54, 1.807) is 0 Å². The molecule has 3 nitrogen and oxygen atoms in total. The summed E-state index contributed by atoms with van der Waals surface area (Å²) in [5.74, 6) is 1.68. The summed E-state index contributed by atoms with van der Waals surface area (Å²) in [7, 11) is 0. The number of fused-ring (bicyclic) bond motifs is 1. The molecule has 18 heavy (non-hydrogen) atoms. The molecule has 2 rings (SSSR count). The second kappa shape index (κ2) is 6.25. The van der Waals surface area contributed by atoms with Gasteiger partial charge in [0.2, 0.25) is 0 Å². The molecule has 0 saturated heterocycles. The quantitative estimate of drug-likeness (QED) is 0.924. The van der Waals surface area contributed by atoms with Crippen LogP contribution in [0.1, 0.15) is 24.9 Å². The van der Waals surface area contributed by atoms with Crippen molar-refractivity contribution in [1.82, 2.24) is 5.32 Å². The van der Waals surface area contributed by atoms with Gasteiger partial charge >= 0.3 is 0 Å². The lowest BCUT2D eigenvalue weighted by Gasteiger charge is -2.16. The number of ether oxygens (including phenoxy) is 2. The monoisotopic (exact) mass is 311 g/mol. The Labute approximate surface area is 116 Å². The van der Waals surface area contributed by atoms with Crippen molar-refractivity contribution in [3.8, 4) is 11.5 Å². The molecular formula is C14H18BrNO2. The first-order valence-corrected chi connectivity index (χ1v) is 6.92. The minimum Gasteiger partial charge on any atom is -0.490 e. The van der Waals surface area contributed by atoms with E-state index in [9.17, 15) is 0 Å². The number of hydrogen-bond donors (Lipinski definition) is 1. The molecule has 0 fully saturated rings. The minimum atomic E-state index is 0.247. The molecule has 0 bridgehead atoms. The van der Waals surface area contributed by atoms with Crippen LogP contribution in [0.2, 0.25) is 0 Å². The average Bonchev–Trinajstić information content (AvgIpc) is 2.60. The van der Waals surface area contributed by atoms with E-state index in [1.165, 1.54) is 5.56 Å². The third kappa shape index (κ3) is 3.50. The van der Waals surface area contributed by atoms with Crippen LogP contribution in [0.25, 0.3) is 0 Å². The molecule has 0 aromatic heterocycles. The van der Waals surface area contributed by atoms with Crippen LogP contribution in [0.3, 0.4) is 0 Å². The van der Waals surface area contributed by atoms with Gasteiger partial charge in [-0.05, 0) is 24.6 Å². The molecule has 1 aliphatic rings. The molecule has 0 saturated carbocycles. The van der Waals surface area contributed by atoms with Gasteiger partial charge in [0.25, 0.3) is 0 Å². The van der Waals surface area contributed by atoms with E-state index < -0.39 is 0 Å². The van der Waals surface area contributed by atoms with E-state index >= 15 is 0 Å². The lowest BCUT2D eigenvalue weighted by atomic mass is 10.1. The fourth-order valence-electron chi connectivity index (χ4n) is 1.83. The summed E-state index contributed by atoms with van der Waals surface area (Å²) in [4.78, 5) is 0. The van der Waals surface area contributed by atoms with Gasteiger partial charge in [0.05, 0.1) is 13.2 Å². The SMILES string of the molecule is C=C(Br)CNC(C)c1ccc2c(c1)OCCCO2. The Morgan fingerprint density at radius 3 is 2.83 bits per heavy atom. The Morgan fingerprint density at radius 1 is 1.39 bits per heavy atom. The highest BCUT2D eigenvalue weighted by Gasteiger charge is 2.13. The summed E-state index contributed by atoms with van der Waals surface area (Å²) in [6.45, 7) is 8.12. The maximum absolute atomic E-state index is 5.69. The summed E-state index contributed by atoms with van der Waals surface area (Å²) in [6, 6.07) is 6.35. The number of rotatable bonds is 4. The Hall–Kier alpha value is -1.00. The molecule has 0 aliphatic carbocycles. The molecule has 1 N–H and O–H groups in total. The predicted octanol–water partition coefficient (Wildman–Crippen LogP) is 3.41. The van der Waals surface area contributed by atoms with E-state index in [2.05, 4.69) is 46.9 Å². The molecule has 1 aromatic carbocycles. The third-order valence-corrected chi connectivity index (χ3v) is 3.15. The largest absolute Gasteiger partial charge is 0.490 e. The molecule has 4 heteroatoms. The Morgan fingerprint density at radius 2 is 2.11 bits per heavy atom. The molecule has 1 aliphatic heterocycles. The van der Waals surface area contributed by atoms with Crippen LogP contribution in [0.15, 0.2) is 29.3 Å². The van der Waals surface area contributed by atoms with Gasteiger partial charge in [0.1, 0.15) is 0 Å². The first kappa shape index (κ1) is 13.4. The van der Waals surface area contributed by atoms with Crippen molar-refractivity contribution < 1.29 is 9.47 Å². The van der Waals surface area contributed by atoms with Gasteiger partial charge in [-0.15, -0.1) is 0 Å². The molecule has 1 unspecified atom stereocenters. The number of halogens is 1. The zero-order valence-corrected chi connectivity index (χ0v) is 12.1. The van der Waals surface area contributed by atoms with Gasteiger partial charge in [-0.3, -0.25) is 0 Å². The van der Waals surface area contributed by atoms with Crippen molar-refractivity contribution in [2.45, 2.75) is 19.4 Å². The van der Waals surface area contributed by atoms with Gasteiger partial charge in [0, 0.05) is 23.5 Å². The standard InChI is InChI=1S/C14H18BrNO2/c1-10(15)9-16-11(2)12-4-5-13-14(8-12)18-7-3-6-17-13/h4-5,8,11,16H,1,3,6-7,9H2,2H3.